The first-order valence-corrected chi connectivity index (χ1v) is 8.96. The molecule has 0 aliphatic rings. The summed E-state index contributed by atoms with van der Waals surface area (Å²) in [6, 6.07) is 21.9. The minimum absolute atomic E-state index is 0.00656. The summed E-state index contributed by atoms with van der Waals surface area (Å²) in [4.78, 5) is 23.4. The Balaban J connectivity index is 1.81. The predicted octanol–water partition coefficient (Wildman–Crippen LogP) is 5.19. The van der Waals surface area contributed by atoms with Gasteiger partial charge >= 0.3 is 0 Å². The van der Waals surface area contributed by atoms with Crippen LogP contribution in [-0.4, -0.2) is 10.7 Å². The Morgan fingerprint density at radius 1 is 0.852 bits per heavy atom. The second-order valence-electron chi connectivity index (χ2n) is 6.35. The van der Waals surface area contributed by atoms with Gasteiger partial charge < -0.3 is 0 Å². The average molecular weight is 380 g/mol. The highest BCUT2D eigenvalue weighted by Crippen LogP contribution is 2.26. The third-order valence-corrected chi connectivity index (χ3v) is 4.61. The normalized spacial score (nSPS) is 10.6. The maximum atomic E-state index is 12.5. The summed E-state index contributed by atoms with van der Waals surface area (Å²) in [5.41, 5.74) is 3.35. The second-order valence-corrected chi connectivity index (χ2v) is 6.79. The van der Waals surface area contributed by atoms with Crippen LogP contribution in [0.3, 0.4) is 0 Å². The van der Waals surface area contributed by atoms with Gasteiger partial charge in [-0.2, -0.15) is 0 Å². The lowest BCUT2D eigenvalue weighted by atomic mass is 9.94. The molecule has 0 aliphatic heterocycles. The molecule has 3 aromatic carbocycles. The van der Waals surface area contributed by atoms with Crippen LogP contribution in [0.25, 0.3) is 0 Å². The Labute approximate surface area is 162 Å². The van der Waals surface area contributed by atoms with Crippen molar-refractivity contribution in [1.29, 1.82) is 0 Å². The van der Waals surface area contributed by atoms with Gasteiger partial charge in [-0.3, -0.25) is 14.9 Å². The van der Waals surface area contributed by atoms with E-state index in [0.29, 0.717) is 29.8 Å². The van der Waals surface area contributed by atoms with E-state index in [9.17, 15) is 14.9 Å². The lowest BCUT2D eigenvalue weighted by Crippen LogP contribution is -2.09. The number of Topliss-reactive ketones (excluding diaryl/α,β-unsaturated/α-hetero) is 1. The van der Waals surface area contributed by atoms with Crippen molar-refractivity contribution >= 4 is 23.1 Å². The molecule has 27 heavy (non-hydrogen) atoms. The fourth-order valence-electron chi connectivity index (χ4n) is 3.06. The van der Waals surface area contributed by atoms with Crippen molar-refractivity contribution in [3.8, 4) is 0 Å². The van der Waals surface area contributed by atoms with E-state index < -0.39 is 4.92 Å². The van der Waals surface area contributed by atoms with Crippen LogP contribution in [0.1, 0.15) is 22.3 Å². The SMILES string of the molecule is O=C(Cc1ccccc1)Cc1ccccc1Cc1ccc(Cl)cc1[N+](=O)[O-]. The van der Waals surface area contributed by atoms with Gasteiger partial charge in [-0.1, -0.05) is 72.3 Å². The molecule has 0 saturated carbocycles. The summed E-state index contributed by atoms with van der Waals surface area (Å²) in [6.45, 7) is 0. The van der Waals surface area contributed by atoms with Gasteiger partial charge in [0.25, 0.3) is 5.69 Å². The van der Waals surface area contributed by atoms with Gasteiger partial charge in [0.1, 0.15) is 5.78 Å². The van der Waals surface area contributed by atoms with Gasteiger partial charge in [-0.25, -0.2) is 0 Å². The minimum atomic E-state index is -0.426. The number of benzene rings is 3. The molecule has 0 aromatic heterocycles. The Bertz CT molecular complexity index is 970. The van der Waals surface area contributed by atoms with Crippen molar-refractivity contribution in [2.24, 2.45) is 0 Å². The summed E-state index contributed by atoms with van der Waals surface area (Å²) < 4.78 is 0. The quantitative estimate of drug-likeness (QED) is 0.419. The zero-order valence-electron chi connectivity index (χ0n) is 14.6. The Hall–Kier alpha value is -2.98. The van der Waals surface area contributed by atoms with Crippen LogP contribution in [0.4, 0.5) is 5.69 Å². The van der Waals surface area contributed by atoms with Gasteiger partial charge in [-0.15, -0.1) is 0 Å². The van der Waals surface area contributed by atoms with E-state index in [4.69, 9.17) is 11.6 Å². The number of nitro groups is 1. The molecule has 0 heterocycles. The molecule has 0 radical (unpaired) electrons. The molecule has 4 nitrogen and oxygen atoms in total. The fraction of sp³-hybridized carbons (Fsp3) is 0.136. The lowest BCUT2D eigenvalue weighted by Gasteiger charge is -2.10. The largest absolute Gasteiger partial charge is 0.299 e. The molecular weight excluding hydrogens is 362 g/mol. The number of nitrogens with zero attached hydrogens (tertiary/aromatic N) is 1. The topological polar surface area (TPSA) is 60.2 Å². The van der Waals surface area contributed by atoms with Crippen LogP contribution in [-0.2, 0) is 24.1 Å². The number of ketones is 1. The number of rotatable bonds is 7. The van der Waals surface area contributed by atoms with Crippen LogP contribution in [0.15, 0.2) is 72.8 Å². The molecule has 5 heteroatoms. The molecule has 0 unspecified atom stereocenters. The Morgan fingerprint density at radius 3 is 2.22 bits per heavy atom. The first kappa shape index (κ1) is 18.8. The Kier molecular flexibility index (Phi) is 5.99. The summed E-state index contributed by atoms with van der Waals surface area (Å²) >= 11 is 5.89. The van der Waals surface area contributed by atoms with Gasteiger partial charge in [0.2, 0.25) is 0 Å². The number of carbonyl (C=O) groups excluding carboxylic acids is 1. The Morgan fingerprint density at radius 2 is 1.52 bits per heavy atom. The summed E-state index contributed by atoms with van der Waals surface area (Å²) in [7, 11) is 0. The van der Waals surface area contributed by atoms with Gasteiger partial charge in [-0.05, 0) is 22.8 Å². The summed E-state index contributed by atoms with van der Waals surface area (Å²) in [6.07, 6.45) is 1.05. The molecule has 0 saturated heterocycles. The van der Waals surface area contributed by atoms with Gasteiger partial charge in [0, 0.05) is 35.9 Å². The summed E-state index contributed by atoms with van der Waals surface area (Å²) in [5, 5.41) is 11.7. The number of halogens is 1. The average Bonchev–Trinajstić information content (AvgIpc) is 2.65. The summed E-state index contributed by atoms with van der Waals surface area (Å²) in [5.74, 6) is 0.110. The monoisotopic (exact) mass is 379 g/mol. The van der Waals surface area contributed by atoms with Gasteiger partial charge in [0.05, 0.1) is 4.92 Å². The van der Waals surface area contributed by atoms with Crippen molar-refractivity contribution in [3.63, 3.8) is 0 Å². The molecule has 136 valence electrons. The van der Waals surface area contributed by atoms with E-state index in [-0.39, 0.29) is 11.5 Å². The molecule has 0 bridgehead atoms. The molecule has 0 N–H and O–H groups in total. The molecular formula is C22H18ClNO3. The van der Waals surface area contributed by atoms with E-state index >= 15 is 0 Å². The zero-order valence-corrected chi connectivity index (χ0v) is 15.4. The lowest BCUT2D eigenvalue weighted by molar-refractivity contribution is -0.385. The smallest absolute Gasteiger partial charge is 0.274 e. The zero-order chi connectivity index (χ0) is 19.2. The number of nitro benzene ring substituents is 1. The molecule has 0 spiro atoms. The van der Waals surface area contributed by atoms with Crippen molar-refractivity contribution < 1.29 is 9.72 Å². The van der Waals surface area contributed by atoms with E-state index in [1.165, 1.54) is 6.07 Å². The maximum absolute atomic E-state index is 12.5. The van der Waals surface area contributed by atoms with E-state index in [1.807, 2.05) is 54.6 Å². The van der Waals surface area contributed by atoms with Crippen LogP contribution < -0.4 is 0 Å². The predicted molar refractivity (Wildman–Crippen MR) is 106 cm³/mol. The van der Waals surface area contributed by atoms with Crippen molar-refractivity contribution in [3.05, 3.63) is 110 Å². The van der Waals surface area contributed by atoms with Crippen molar-refractivity contribution in [1.82, 2.24) is 0 Å². The number of carbonyl (C=O) groups is 1. The fourth-order valence-corrected chi connectivity index (χ4v) is 3.23. The molecule has 0 aliphatic carbocycles. The first-order valence-electron chi connectivity index (χ1n) is 8.58. The second kappa shape index (κ2) is 8.60. The molecule has 3 aromatic rings. The highest BCUT2D eigenvalue weighted by Gasteiger charge is 2.16. The van der Waals surface area contributed by atoms with Crippen LogP contribution >= 0.6 is 11.6 Å². The number of hydrogen-bond acceptors (Lipinski definition) is 3. The molecule has 0 fully saturated rings. The van der Waals surface area contributed by atoms with Crippen LogP contribution in [0.2, 0.25) is 5.02 Å². The first-order chi connectivity index (χ1) is 13.0. The highest BCUT2D eigenvalue weighted by atomic mass is 35.5. The van der Waals surface area contributed by atoms with E-state index in [0.717, 1.165) is 16.7 Å². The number of hydrogen-bond donors (Lipinski definition) is 0. The molecule has 0 amide bonds. The van der Waals surface area contributed by atoms with Crippen LogP contribution in [0, 0.1) is 10.1 Å². The van der Waals surface area contributed by atoms with E-state index in [1.54, 1.807) is 12.1 Å². The highest BCUT2D eigenvalue weighted by molar-refractivity contribution is 6.30. The van der Waals surface area contributed by atoms with Crippen LogP contribution in [0.5, 0.6) is 0 Å². The molecule has 0 atom stereocenters. The van der Waals surface area contributed by atoms with Crippen molar-refractivity contribution in [2.45, 2.75) is 19.3 Å². The molecule has 3 rings (SSSR count). The third kappa shape index (κ3) is 5.02. The maximum Gasteiger partial charge on any atom is 0.274 e. The van der Waals surface area contributed by atoms with Gasteiger partial charge in [0.15, 0.2) is 0 Å². The third-order valence-electron chi connectivity index (χ3n) is 4.38. The standard InChI is InChI=1S/C22H18ClNO3/c23-20-11-10-19(22(15-20)24(26)27)13-17-8-4-5-9-18(17)14-21(25)12-16-6-2-1-3-7-16/h1-11,15H,12-14H2. The van der Waals surface area contributed by atoms with E-state index in [2.05, 4.69) is 0 Å². The minimum Gasteiger partial charge on any atom is -0.299 e. The van der Waals surface area contributed by atoms with Crippen molar-refractivity contribution in [2.75, 3.05) is 0 Å².